The molecule has 3 atom stereocenters. The van der Waals surface area contributed by atoms with Gasteiger partial charge >= 0.3 is 11.8 Å². The van der Waals surface area contributed by atoms with Crippen LogP contribution in [0.25, 0.3) is 11.0 Å². The molecular formula is C22H28N2O5. The first-order valence-electron chi connectivity index (χ1n) is 10.5. The zero-order chi connectivity index (χ0) is 20.4. The Labute approximate surface area is 169 Å². The fraction of sp³-hybridized carbons (Fsp3) is 0.636. The van der Waals surface area contributed by atoms with Crippen molar-refractivity contribution >= 4 is 16.8 Å². The summed E-state index contributed by atoms with van der Waals surface area (Å²) in [5.74, 6) is 1.14. The van der Waals surface area contributed by atoms with E-state index in [1.807, 2.05) is 49.6 Å². The van der Waals surface area contributed by atoms with Crippen LogP contribution in [0, 0.1) is 11.8 Å². The van der Waals surface area contributed by atoms with Crippen molar-refractivity contribution in [2.24, 2.45) is 11.8 Å². The van der Waals surface area contributed by atoms with E-state index in [-0.39, 0.29) is 11.7 Å². The maximum absolute atomic E-state index is 13.8. The Kier molecular flexibility index (Phi) is 4.28. The summed E-state index contributed by atoms with van der Waals surface area (Å²) in [4.78, 5) is 25.6. The lowest BCUT2D eigenvalue weighted by Gasteiger charge is -2.34. The third kappa shape index (κ3) is 3.07. The van der Waals surface area contributed by atoms with Crippen LogP contribution in [-0.4, -0.2) is 33.7 Å². The summed E-state index contributed by atoms with van der Waals surface area (Å²) in [7, 11) is 0. The predicted octanol–water partition coefficient (Wildman–Crippen LogP) is 3.16. The van der Waals surface area contributed by atoms with Gasteiger partial charge in [-0.3, -0.25) is 9.36 Å². The summed E-state index contributed by atoms with van der Waals surface area (Å²) in [5.41, 5.74) is 0.827. The van der Waals surface area contributed by atoms with Gasteiger partial charge in [0.2, 0.25) is 0 Å². The maximum Gasteiger partial charge on any atom is 0.386 e. The van der Waals surface area contributed by atoms with Crippen LogP contribution in [0.4, 0.5) is 0 Å². The fourth-order valence-electron chi connectivity index (χ4n) is 5.35. The minimum atomic E-state index is -1.56. The Morgan fingerprint density at radius 1 is 1.00 bits per heavy atom. The average Bonchev–Trinajstić information content (AvgIpc) is 3.35. The van der Waals surface area contributed by atoms with Crippen LogP contribution >= 0.6 is 0 Å². The monoisotopic (exact) mass is 400 g/mol. The van der Waals surface area contributed by atoms with Gasteiger partial charge in [-0.15, -0.1) is 0 Å². The number of fused-ring (bicyclic) bond motifs is 2. The smallest absolute Gasteiger partial charge is 0.306 e. The van der Waals surface area contributed by atoms with Gasteiger partial charge in [0.15, 0.2) is 0 Å². The molecule has 0 radical (unpaired) electrons. The SMILES string of the molecule is CC(C)(C)OC1(n2c(=O)n(C3CC4CC(=O)C[C@H]4C3)c3ccccc32)OCCO1. The Bertz CT molecular complexity index is 992. The van der Waals surface area contributed by atoms with Crippen LogP contribution in [0.2, 0.25) is 0 Å². The lowest BCUT2D eigenvalue weighted by Crippen LogP contribution is -2.48. The third-order valence-corrected chi connectivity index (χ3v) is 6.30. The summed E-state index contributed by atoms with van der Waals surface area (Å²) in [6, 6.07) is 7.79. The van der Waals surface area contributed by atoms with Crippen molar-refractivity contribution in [2.75, 3.05) is 13.2 Å². The summed E-state index contributed by atoms with van der Waals surface area (Å²) in [6.07, 6.45) is 1.46. The van der Waals surface area contributed by atoms with E-state index in [1.165, 1.54) is 4.57 Å². The van der Waals surface area contributed by atoms with Crippen LogP contribution in [-0.2, 0) is 25.1 Å². The molecule has 2 aliphatic carbocycles. The van der Waals surface area contributed by atoms with Crippen molar-refractivity contribution in [3.8, 4) is 0 Å². The molecule has 7 heteroatoms. The standard InChI is InChI=1S/C22H28N2O5/c1-21(2,3)29-22(27-8-9-28-22)24-19-7-5-4-6-18(19)23(20(24)26)16-10-14-12-17(25)13-15(14)11-16/h4-7,14-16H,8-13H2,1-3H3/t14-,15?,16?/m1/s1. The van der Waals surface area contributed by atoms with Crippen molar-refractivity contribution in [3.05, 3.63) is 34.7 Å². The number of rotatable bonds is 3. The molecule has 0 bridgehead atoms. The quantitative estimate of drug-likeness (QED) is 0.791. The zero-order valence-electron chi connectivity index (χ0n) is 17.2. The normalized spacial score (nSPS) is 29.1. The lowest BCUT2D eigenvalue weighted by molar-refractivity contribution is -0.417. The molecule has 2 saturated carbocycles. The van der Waals surface area contributed by atoms with Crippen molar-refractivity contribution in [3.63, 3.8) is 0 Å². The van der Waals surface area contributed by atoms with Gasteiger partial charge in [0.25, 0.3) is 0 Å². The van der Waals surface area contributed by atoms with E-state index in [1.54, 1.807) is 0 Å². The molecule has 1 aromatic carbocycles. The van der Waals surface area contributed by atoms with Crippen molar-refractivity contribution < 1.29 is 19.0 Å². The molecule has 2 heterocycles. The number of carbonyl (C=O) groups is 1. The zero-order valence-corrected chi connectivity index (χ0v) is 17.2. The maximum atomic E-state index is 13.8. The summed E-state index contributed by atoms with van der Waals surface area (Å²) in [6.45, 7) is 6.47. The molecule has 3 aliphatic rings. The van der Waals surface area contributed by atoms with E-state index in [2.05, 4.69) is 0 Å². The molecule has 5 rings (SSSR count). The molecule has 7 nitrogen and oxygen atoms in total. The first kappa shape index (κ1) is 19.0. The van der Waals surface area contributed by atoms with Crippen molar-refractivity contribution in [2.45, 2.75) is 64.2 Å². The molecule has 3 fully saturated rings. The molecule has 29 heavy (non-hydrogen) atoms. The van der Waals surface area contributed by atoms with E-state index < -0.39 is 11.7 Å². The topological polar surface area (TPSA) is 71.7 Å². The van der Waals surface area contributed by atoms with Gasteiger partial charge in [-0.25, -0.2) is 9.36 Å². The van der Waals surface area contributed by atoms with Gasteiger partial charge in [0.1, 0.15) is 5.78 Å². The molecule has 0 spiro atoms. The Hall–Kier alpha value is -1.96. The Morgan fingerprint density at radius 2 is 1.59 bits per heavy atom. The molecule has 1 saturated heterocycles. The minimum absolute atomic E-state index is 0.0739. The number of para-hydroxylation sites is 2. The number of ether oxygens (including phenoxy) is 3. The molecule has 2 unspecified atom stereocenters. The second kappa shape index (κ2) is 6.52. The van der Waals surface area contributed by atoms with Crippen LogP contribution in [0.5, 0.6) is 0 Å². The van der Waals surface area contributed by atoms with E-state index in [0.29, 0.717) is 43.7 Å². The Morgan fingerprint density at radius 3 is 2.17 bits per heavy atom. The summed E-state index contributed by atoms with van der Waals surface area (Å²) in [5, 5.41) is 0. The molecule has 0 N–H and O–H groups in total. The van der Waals surface area contributed by atoms with Gasteiger partial charge in [-0.05, 0) is 57.6 Å². The number of carbonyl (C=O) groups excluding carboxylic acids is 1. The molecular weight excluding hydrogens is 372 g/mol. The number of Topliss-reactive ketones (excluding diaryl/α,β-unsaturated/α-hetero) is 1. The lowest BCUT2D eigenvalue weighted by atomic mass is 10.0. The molecule has 1 aromatic heterocycles. The first-order chi connectivity index (χ1) is 13.8. The van der Waals surface area contributed by atoms with Gasteiger partial charge in [0.05, 0.1) is 29.8 Å². The van der Waals surface area contributed by atoms with E-state index in [4.69, 9.17) is 14.2 Å². The van der Waals surface area contributed by atoms with E-state index >= 15 is 0 Å². The molecule has 2 aromatic rings. The van der Waals surface area contributed by atoms with E-state index in [9.17, 15) is 9.59 Å². The van der Waals surface area contributed by atoms with Crippen LogP contribution in [0.3, 0.4) is 0 Å². The molecule has 156 valence electrons. The predicted molar refractivity (Wildman–Crippen MR) is 106 cm³/mol. The van der Waals surface area contributed by atoms with Crippen LogP contribution < -0.4 is 5.69 Å². The molecule has 1 aliphatic heterocycles. The second-order valence-electron chi connectivity index (χ2n) is 9.50. The minimum Gasteiger partial charge on any atom is -0.306 e. The number of imidazole rings is 1. The first-order valence-corrected chi connectivity index (χ1v) is 10.5. The highest BCUT2D eigenvalue weighted by molar-refractivity contribution is 5.81. The second-order valence-corrected chi connectivity index (χ2v) is 9.50. The van der Waals surface area contributed by atoms with Crippen molar-refractivity contribution in [1.82, 2.24) is 9.13 Å². The van der Waals surface area contributed by atoms with Crippen LogP contribution in [0.1, 0.15) is 52.5 Å². The third-order valence-electron chi connectivity index (χ3n) is 6.30. The number of ketones is 1. The average molecular weight is 400 g/mol. The largest absolute Gasteiger partial charge is 0.386 e. The van der Waals surface area contributed by atoms with Gasteiger partial charge in [0, 0.05) is 18.9 Å². The number of aromatic nitrogens is 2. The number of hydrogen-bond donors (Lipinski definition) is 0. The summed E-state index contributed by atoms with van der Waals surface area (Å²) >= 11 is 0. The van der Waals surface area contributed by atoms with Crippen LogP contribution in [0.15, 0.2) is 29.1 Å². The highest BCUT2D eigenvalue weighted by Gasteiger charge is 2.48. The highest BCUT2D eigenvalue weighted by atomic mass is 16.9. The van der Waals surface area contributed by atoms with E-state index in [0.717, 1.165) is 23.9 Å². The fourth-order valence-corrected chi connectivity index (χ4v) is 5.35. The van der Waals surface area contributed by atoms with Gasteiger partial charge in [-0.1, -0.05) is 12.1 Å². The Balaban J connectivity index is 1.64. The number of nitrogens with zero attached hydrogens (tertiary/aromatic N) is 2. The highest BCUT2D eigenvalue weighted by Crippen LogP contribution is 2.48. The summed E-state index contributed by atoms with van der Waals surface area (Å²) < 4.78 is 21.4. The molecule has 0 amide bonds. The van der Waals surface area contributed by atoms with Crippen molar-refractivity contribution in [1.29, 1.82) is 0 Å². The number of benzene rings is 1. The van der Waals surface area contributed by atoms with Gasteiger partial charge < -0.3 is 14.2 Å². The van der Waals surface area contributed by atoms with Gasteiger partial charge in [-0.2, -0.15) is 0 Å². The number of hydrogen-bond acceptors (Lipinski definition) is 5.